The van der Waals surface area contributed by atoms with E-state index < -0.39 is 11.9 Å². The average Bonchev–Trinajstić information content (AvgIpc) is 2.92. The molecule has 21 heavy (non-hydrogen) atoms. The van der Waals surface area contributed by atoms with Crippen LogP contribution in [0.15, 0.2) is 36.4 Å². The number of hydrogen-bond acceptors (Lipinski definition) is 5. The van der Waals surface area contributed by atoms with Crippen LogP contribution in [-0.2, 0) is 6.98 Å². The second-order valence-electron chi connectivity index (χ2n) is 4.46. The molecule has 0 fully saturated rings. The summed E-state index contributed by atoms with van der Waals surface area (Å²) in [6.45, 7) is -0.710. The summed E-state index contributed by atoms with van der Waals surface area (Å²) in [6, 6.07) is 8.99. The van der Waals surface area contributed by atoms with E-state index in [4.69, 9.17) is 8.85 Å². The third kappa shape index (κ3) is 2.40. The average molecular weight is 287 g/mol. The number of aromatic nitrogens is 3. The lowest BCUT2D eigenvalue weighted by Crippen LogP contribution is -1.92. The fraction of sp³-hybridized carbons (Fsp3) is 0.143. The Morgan fingerprint density at radius 1 is 1.33 bits per heavy atom. The fourth-order valence-electron chi connectivity index (χ4n) is 1.96. The molecular formula is C14H12N4O3. The zero-order valence-electron chi connectivity index (χ0n) is 14.0. The number of rotatable bonds is 3. The molecule has 0 unspecified atom stereocenters. The summed E-state index contributed by atoms with van der Waals surface area (Å²) in [6.07, 6.45) is 0. The quantitative estimate of drug-likeness (QED) is 0.546. The SMILES string of the molecule is [2H]C([2H])([2H])n1nnc2cc(Oc3ccc([N+](=O)[O-])cc3C)ccc21. The van der Waals surface area contributed by atoms with Gasteiger partial charge < -0.3 is 4.74 Å². The minimum atomic E-state index is -2.41. The molecule has 1 heterocycles. The second kappa shape index (κ2) is 4.86. The van der Waals surface area contributed by atoms with Gasteiger partial charge in [0.1, 0.15) is 17.0 Å². The van der Waals surface area contributed by atoms with Gasteiger partial charge in [0.2, 0.25) is 0 Å². The molecule has 0 saturated heterocycles. The van der Waals surface area contributed by atoms with Gasteiger partial charge in [0.05, 0.1) is 10.4 Å². The summed E-state index contributed by atoms with van der Waals surface area (Å²) in [5.74, 6) is 0.889. The highest BCUT2D eigenvalue weighted by Crippen LogP contribution is 2.29. The number of ether oxygens (including phenoxy) is 1. The molecule has 0 saturated carbocycles. The van der Waals surface area contributed by atoms with Gasteiger partial charge in [0, 0.05) is 29.3 Å². The number of fused-ring (bicyclic) bond motifs is 1. The molecule has 3 aromatic rings. The summed E-state index contributed by atoms with van der Waals surface area (Å²) >= 11 is 0. The van der Waals surface area contributed by atoms with Crippen molar-refractivity contribution >= 4 is 16.7 Å². The molecule has 0 spiro atoms. The van der Waals surface area contributed by atoms with Gasteiger partial charge in [0.15, 0.2) is 0 Å². The van der Waals surface area contributed by atoms with Gasteiger partial charge in [-0.2, -0.15) is 0 Å². The smallest absolute Gasteiger partial charge is 0.269 e. The van der Waals surface area contributed by atoms with Gasteiger partial charge in [-0.15, -0.1) is 5.10 Å². The van der Waals surface area contributed by atoms with Gasteiger partial charge in [-0.3, -0.25) is 10.1 Å². The minimum absolute atomic E-state index is 0.0177. The molecule has 3 rings (SSSR count). The first-order valence-corrected chi connectivity index (χ1v) is 6.04. The lowest BCUT2D eigenvalue weighted by Gasteiger charge is -2.08. The molecule has 2 aromatic carbocycles. The Morgan fingerprint density at radius 3 is 2.90 bits per heavy atom. The van der Waals surface area contributed by atoms with Crippen LogP contribution in [0.5, 0.6) is 11.5 Å². The van der Waals surface area contributed by atoms with Gasteiger partial charge in [-0.05, 0) is 30.7 Å². The van der Waals surface area contributed by atoms with Crippen molar-refractivity contribution in [2.45, 2.75) is 6.92 Å². The molecule has 0 aliphatic heterocycles. The van der Waals surface area contributed by atoms with Crippen LogP contribution in [0.3, 0.4) is 0 Å². The maximum Gasteiger partial charge on any atom is 0.269 e. The van der Waals surface area contributed by atoms with Crippen LogP contribution in [0, 0.1) is 17.0 Å². The summed E-state index contributed by atoms with van der Waals surface area (Å²) < 4.78 is 28.8. The monoisotopic (exact) mass is 287 g/mol. The number of benzene rings is 2. The van der Waals surface area contributed by atoms with Crippen LogP contribution in [0.4, 0.5) is 5.69 Å². The van der Waals surface area contributed by atoms with E-state index in [9.17, 15) is 10.1 Å². The van der Waals surface area contributed by atoms with Crippen LogP contribution in [0.2, 0.25) is 0 Å². The van der Waals surface area contributed by atoms with Gasteiger partial charge >= 0.3 is 0 Å². The van der Waals surface area contributed by atoms with Gasteiger partial charge in [0.25, 0.3) is 5.69 Å². The Morgan fingerprint density at radius 2 is 2.19 bits per heavy atom. The van der Waals surface area contributed by atoms with Crippen LogP contribution < -0.4 is 4.74 Å². The maximum absolute atomic E-state index is 10.8. The van der Waals surface area contributed by atoms with Gasteiger partial charge in [-0.1, -0.05) is 5.21 Å². The third-order valence-electron chi connectivity index (χ3n) is 3.01. The van der Waals surface area contributed by atoms with Crippen LogP contribution >= 0.6 is 0 Å². The highest BCUT2D eigenvalue weighted by atomic mass is 16.6. The Labute approximate surface area is 124 Å². The van der Waals surface area contributed by atoms with Crippen LogP contribution in [-0.4, -0.2) is 19.9 Å². The van der Waals surface area contributed by atoms with E-state index >= 15 is 0 Å². The topological polar surface area (TPSA) is 83.1 Å². The molecule has 0 atom stereocenters. The number of aryl methyl sites for hydroxylation is 2. The molecule has 7 nitrogen and oxygen atoms in total. The normalized spacial score (nSPS) is 13.5. The zero-order chi connectivity index (χ0) is 17.5. The zero-order valence-corrected chi connectivity index (χ0v) is 11.0. The van der Waals surface area contributed by atoms with Crippen molar-refractivity contribution in [3.8, 4) is 11.5 Å². The molecule has 0 aliphatic carbocycles. The summed E-state index contributed by atoms with van der Waals surface area (Å²) in [5, 5.41) is 18.2. The molecule has 0 radical (unpaired) electrons. The highest BCUT2D eigenvalue weighted by Gasteiger charge is 2.10. The predicted octanol–water partition coefficient (Wildman–Crippen LogP) is 2.98. The summed E-state index contributed by atoms with van der Waals surface area (Å²) in [5.41, 5.74) is 1.33. The Balaban J connectivity index is 1.93. The summed E-state index contributed by atoms with van der Waals surface area (Å²) in [4.78, 5) is 10.3. The molecule has 1 aromatic heterocycles. The molecule has 106 valence electrons. The number of nitro benzene ring substituents is 1. The molecule has 7 heteroatoms. The van der Waals surface area contributed by atoms with E-state index in [0.717, 1.165) is 4.68 Å². The van der Waals surface area contributed by atoms with E-state index in [1.807, 2.05) is 0 Å². The number of nitrogens with zero attached hydrogens (tertiary/aromatic N) is 4. The first-order valence-electron chi connectivity index (χ1n) is 7.54. The predicted molar refractivity (Wildman–Crippen MR) is 76.4 cm³/mol. The third-order valence-corrected chi connectivity index (χ3v) is 3.01. The van der Waals surface area contributed by atoms with Crippen molar-refractivity contribution in [1.29, 1.82) is 0 Å². The van der Waals surface area contributed by atoms with Crippen molar-refractivity contribution in [3.63, 3.8) is 0 Å². The number of non-ortho nitro benzene ring substituents is 1. The lowest BCUT2D eigenvalue weighted by atomic mass is 10.2. The van der Waals surface area contributed by atoms with Crippen molar-refractivity contribution in [1.82, 2.24) is 15.0 Å². The van der Waals surface area contributed by atoms with E-state index in [0.29, 0.717) is 28.1 Å². The molecule has 0 N–H and O–H groups in total. The van der Waals surface area contributed by atoms with Crippen molar-refractivity contribution in [2.75, 3.05) is 0 Å². The molecule has 0 aliphatic rings. The Kier molecular flexibility index (Phi) is 2.28. The standard InChI is InChI=1S/C14H12N4O3/c1-9-7-10(18(19)20)3-6-14(9)21-11-4-5-13-12(8-11)15-16-17(13)2/h3-8H,1-2H3/i2D3. The van der Waals surface area contributed by atoms with Crippen LogP contribution in [0.25, 0.3) is 11.0 Å². The first kappa shape index (κ1) is 9.87. The largest absolute Gasteiger partial charge is 0.457 e. The first-order chi connectivity index (χ1) is 11.3. The van der Waals surface area contributed by atoms with Gasteiger partial charge in [-0.25, -0.2) is 4.68 Å². The minimum Gasteiger partial charge on any atom is -0.457 e. The van der Waals surface area contributed by atoms with E-state index in [1.54, 1.807) is 25.1 Å². The molecule has 0 bridgehead atoms. The maximum atomic E-state index is 10.8. The number of hydrogen-bond donors (Lipinski definition) is 0. The second-order valence-corrected chi connectivity index (χ2v) is 4.46. The Bertz CT molecular complexity index is 937. The fourth-order valence-corrected chi connectivity index (χ4v) is 1.96. The molecular weight excluding hydrogens is 272 g/mol. The van der Waals surface area contributed by atoms with Crippen molar-refractivity contribution < 1.29 is 13.8 Å². The van der Waals surface area contributed by atoms with Crippen molar-refractivity contribution in [2.24, 2.45) is 6.98 Å². The Hall–Kier alpha value is -2.96. The van der Waals surface area contributed by atoms with E-state index in [2.05, 4.69) is 10.3 Å². The highest BCUT2D eigenvalue weighted by molar-refractivity contribution is 5.76. The summed E-state index contributed by atoms with van der Waals surface area (Å²) in [7, 11) is 0. The van der Waals surface area contributed by atoms with Crippen molar-refractivity contribution in [3.05, 3.63) is 52.1 Å². The molecule has 0 amide bonds. The number of nitro groups is 1. The van der Waals surface area contributed by atoms with E-state index in [-0.39, 0.29) is 5.69 Å². The van der Waals surface area contributed by atoms with E-state index in [1.165, 1.54) is 18.2 Å². The van der Waals surface area contributed by atoms with Crippen LogP contribution in [0.1, 0.15) is 9.68 Å². The lowest BCUT2D eigenvalue weighted by molar-refractivity contribution is -0.384.